The van der Waals surface area contributed by atoms with Crippen LogP contribution in [-0.2, 0) is 6.54 Å². The fourth-order valence-corrected chi connectivity index (χ4v) is 1.52. The summed E-state index contributed by atoms with van der Waals surface area (Å²) in [6, 6.07) is 6.31. The van der Waals surface area contributed by atoms with Crippen LogP contribution >= 0.6 is 0 Å². The van der Waals surface area contributed by atoms with Gasteiger partial charge in [-0.2, -0.15) is 0 Å². The summed E-state index contributed by atoms with van der Waals surface area (Å²) >= 11 is 0. The summed E-state index contributed by atoms with van der Waals surface area (Å²) in [6.07, 6.45) is 0. The van der Waals surface area contributed by atoms with Crippen molar-refractivity contribution in [2.45, 2.75) is 13.5 Å². The van der Waals surface area contributed by atoms with Crippen LogP contribution in [0.2, 0.25) is 0 Å². The molecule has 1 aromatic carbocycles. The third-order valence-corrected chi connectivity index (χ3v) is 2.38. The van der Waals surface area contributed by atoms with Crippen LogP contribution in [0.1, 0.15) is 11.1 Å². The number of benzene rings is 1. The van der Waals surface area contributed by atoms with Crippen LogP contribution in [0.3, 0.4) is 0 Å². The topological polar surface area (TPSA) is 24.5 Å². The number of rotatable bonds is 6. The number of nitrogens with zero attached hydrogens (tertiary/aromatic N) is 1. The largest absolute Gasteiger partial charge is 0.492 e. The third-order valence-electron chi connectivity index (χ3n) is 2.38. The molecule has 0 radical (unpaired) electrons. The highest BCUT2D eigenvalue weighted by molar-refractivity contribution is 5.36. The predicted octanol–water partition coefficient (Wildman–Crippen LogP) is 1.65. The second-order valence-corrected chi connectivity index (χ2v) is 4.29. The molecule has 0 saturated carbocycles. The number of hydrogen-bond donors (Lipinski definition) is 1. The summed E-state index contributed by atoms with van der Waals surface area (Å²) in [5, 5.41) is 3.16. The lowest BCUT2D eigenvalue weighted by atomic mass is 10.1. The van der Waals surface area contributed by atoms with Crippen LogP contribution < -0.4 is 10.1 Å². The minimum atomic E-state index is 0.729. The molecule has 0 unspecified atom stereocenters. The van der Waals surface area contributed by atoms with Gasteiger partial charge in [0.2, 0.25) is 0 Å². The zero-order valence-electron chi connectivity index (χ0n) is 10.7. The molecule has 3 heteroatoms. The summed E-state index contributed by atoms with van der Waals surface area (Å²) in [5.41, 5.74) is 2.49. The first-order valence-corrected chi connectivity index (χ1v) is 5.65. The van der Waals surface area contributed by atoms with Crippen LogP contribution in [0.15, 0.2) is 18.2 Å². The molecule has 1 aromatic rings. The van der Waals surface area contributed by atoms with Crippen LogP contribution in [0.5, 0.6) is 5.75 Å². The summed E-state index contributed by atoms with van der Waals surface area (Å²) in [7, 11) is 6.05. The van der Waals surface area contributed by atoms with Crippen LogP contribution in [-0.4, -0.2) is 39.2 Å². The molecule has 0 amide bonds. The van der Waals surface area contributed by atoms with Gasteiger partial charge in [-0.1, -0.05) is 17.7 Å². The zero-order valence-corrected chi connectivity index (χ0v) is 10.7. The number of ether oxygens (including phenoxy) is 1. The van der Waals surface area contributed by atoms with Crippen molar-refractivity contribution in [1.29, 1.82) is 0 Å². The molecule has 0 aliphatic rings. The number of nitrogens with one attached hydrogen (secondary N) is 1. The van der Waals surface area contributed by atoms with Gasteiger partial charge >= 0.3 is 0 Å². The van der Waals surface area contributed by atoms with Gasteiger partial charge in [-0.15, -0.1) is 0 Å². The second-order valence-electron chi connectivity index (χ2n) is 4.29. The Labute approximate surface area is 98.4 Å². The van der Waals surface area contributed by atoms with Crippen molar-refractivity contribution in [3.8, 4) is 5.75 Å². The van der Waals surface area contributed by atoms with Crippen molar-refractivity contribution in [3.05, 3.63) is 29.3 Å². The van der Waals surface area contributed by atoms with Crippen molar-refractivity contribution < 1.29 is 4.74 Å². The highest BCUT2D eigenvalue weighted by Crippen LogP contribution is 2.19. The van der Waals surface area contributed by atoms with Gasteiger partial charge in [0.25, 0.3) is 0 Å². The van der Waals surface area contributed by atoms with Gasteiger partial charge in [-0.05, 0) is 34.1 Å². The lowest BCUT2D eigenvalue weighted by molar-refractivity contribution is 0.259. The Morgan fingerprint density at radius 3 is 2.69 bits per heavy atom. The van der Waals surface area contributed by atoms with Crippen LogP contribution in [0.4, 0.5) is 0 Å². The molecule has 1 N–H and O–H groups in total. The van der Waals surface area contributed by atoms with Gasteiger partial charge in [0, 0.05) is 18.7 Å². The molecule has 0 aliphatic carbocycles. The highest BCUT2D eigenvalue weighted by atomic mass is 16.5. The van der Waals surface area contributed by atoms with Crippen molar-refractivity contribution in [3.63, 3.8) is 0 Å². The van der Waals surface area contributed by atoms with E-state index in [2.05, 4.69) is 35.3 Å². The van der Waals surface area contributed by atoms with Gasteiger partial charge in [0.05, 0.1) is 0 Å². The molecule has 90 valence electrons. The minimum Gasteiger partial charge on any atom is -0.492 e. The molecular formula is C13H22N2O. The molecule has 0 saturated heterocycles. The Morgan fingerprint density at radius 2 is 2.06 bits per heavy atom. The van der Waals surface area contributed by atoms with Gasteiger partial charge in [-0.25, -0.2) is 0 Å². The zero-order chi connectivity index (χ0) is 12.0. The Kier molecular flexibility index (Phi) is 5.29. The van der Waals surface area contributed by atoms with Gasteiger partial charge in [0.1, 0.15) is 12.4 Å². The number of aryl methyl sites for hydroxylation is 1. The van der Waals surface area contributed by atoms with E-state index in [-0.39, 0.29) is 0 Å². The average Bonchev–Trinajstić information content (AvgIpc) is 2.21. The summed E-state index contributed by atoms with van der Waals surface area (Å²) in [6.45, 7) is 4.61. The normalized spacial score (nSPS) is 10.8. The molecule has 0 heterocycles. The lowest BCUT2D eigenvalue weighted by Gasteiger charge is -2.14. The molecule has 1 rings (SSSR count). The Balaban J connectivity index is 2.63. The molecule has 0 fully saturated rings. The molecule has 0 spiro atoms. The van der Waals surface area contributed by atoms with E-state index in [0.29, 0.717) is 0 Å². The first-order valence-electron chi connectivity index (χ1n) is 5.65. The second kappa shape index (κ2) is 6.51. The predicted molar refractivity (Wildman–Crippen MR) is 68.0 cm³/mol. The lowest BCUT2D eigenvalue weighted by Crippen LogP contribution is -2.20. The number of hydrogen-bond acceptors (Lipinski definition) is 3. The van der Waals surface area contributed by atoms with E-state index in [4.69, 9.17) is 4.74 Å². The molecule has 0 bridgehead atoms. The van der Waals surface area contributed by atoms with E-state index in [1.807, 2.05) is 21.1 Å². The molecule has 3 nitrogen and oxygen atoms in total. The number of likely N-dealkylation sites (N-methyl/N-ethyl adjacent to an activating group) is 1. The van der Waals surface area contributed by atoms with Crippen molar-refractivity contribution in [1.82, 2.24) is 10.2 Å². The van der Waals surface area contributed by atoms with E-state index >= 15 is 0 Å². The monoisotopic (exact) mass is 222 g/mol. The molecule has 0 atom stereocenters. The summed E-state index contributed by atoms with van der Waals surface area (Å²) in [4.78, 5) is 2.12. The first kappa shape index (κ1) is 13.0. The molecule has 0 aliphatic heterocycles. The first-order chi connectivity index (χ1) is 7.63. The smallest absolute Gasteiger partial charge is 0.123 e. The van der Waals surface area contributed by atoms with E-state index in [1.54, 1.807) is 0 Å². The highest BCUT2D eigenvalue weighted by Gasteiger charge is 2.03. The Morgan fingerprint density at radius 1 is 1.31 bits per heavy atom. The minimum absolute atomic E-state index is 0.729. The fourth-order valence-electron chi connectivity index (χ4n) is 1.52. The molecule has 0 aromatic heterocycles. The Hall–Kier alpha value is -1.06. The van der Waals surface area contributed by atoms with Crippen molar-refractivity contribution in [2.24, 2.45) is 0 Å². The standard InChI is InChI=1S/C13H22N2O/c1-11-5-6-13(12(9-11)10-14-2)16-8-7-15(3)4/h5-6,9,14H,7-8,10H2,1-4H3. The fraction of sp³-hybridized carbons (Fsp3) is 0.538. The van der Waals surface area contributed by atoms with E-state index in [9.17, 15) is 0 Å². The van der Waals surface area contributed by atoms with Crippen molar-refractivity contribution in [2.75, 3.05) is 34.3 Å². The van der Waals surface area contributed by atoms with Gasteiger partial charge in [-0.3, -0.25) is 0 Å². The van der Waals surface area contributed by atoms with E-state index in [1.165, 1.54) is 11.1 Å². The van der Waals surface area contributed by atoms with E-state index in [0.717, 1.165) is 25.4 Å². The molecular weight excluding hydrogens is 200 g/mol. The summed E-state index contributed by atoms with van der Waals surface area (Å²) in [5.74, 6) is 0.988. The van der Waals surface area contributed by atoms with Crippen LogP contribution in [0, 0.1) is 6.92 Å². The van der Waals surface area contributed by atoms with Gasteiger partial charge in [0.15, 0.2) is 0 Å². The SMILES string of the molecule is CNCc1cc(C)ccc1OCCN(C)C. The maximum atomic E-state index is 5.77. The maximum absolute atomic E-state index is 5.77. The summed E-state index contributed by atoms with van der Waals surface area (Å²) < 4.78 is 5.77. The van der Waals surface area contributed by atoms with E-state index < -0.39 is 0 Å². The quantitative estimate of drug-likeness (QED) is 0.792. The average molecular weight is 222 g/mol. The van der Waals surface area contributed by atoms with Crippen LogP contribution in [0.25, 0.3) is 0 Å². The Bertz CT molecular complexity index is 324. The molecule has 16 heavy (non-hydrogen) atoms. The van der Waals surface area contributed by atoms with Gasteiger partial charge < -0.3 is 15.0 Å². The third kappa shape index (κ3) is 4.21. The van der Waals surface area contributed by atoms with Crippen molar-refractivity contribution >= 4 is 0 Å². The maximum Gasteiger partial charge on any atom is 0.123 e.